The monoisotopic (exact) mass is 197 g/mol. The van der Waals surface area contributed by atoms with Crippen LogP contribution >= 0.6 is 11.8 Å². The zero-order valence-corrected chi connectivity index (χ0v) is 8.60. The third kappa shape index (κ3) is 3.24. The van der Waals surface area contributed by atoms with E-state index in [1.54, 1.807) is 6.20 Å². The van der Waals surface area contributed by atoms with Crippen molar-refractivity contribution in [1.29, 1.82) is 0 Å². The van der Waals surface area contributed by atoms with Gasteiger partial charge in [-0.3, -0.25) is 0 Å². The molecular formula is C9H15N3S. The molecule has 0 saturated heterocycles. The summed E-state index contributed by atoms with van der Waals surface area (Å²) in [6, 6.07) is 3.90. The summed E-state index contributed by atoms with van der Waals surface area (Å²) in [6.07, 6.45) is 3.87. The van der Waals surface area contributed by atoms with Gasteiger partial charge in [-0.15, -0.1) is 0 Å². The molecule has 0 saturated carbocycles. The van der Waals surface area contributed by atoms with Crippen LogP contribution in [0.5, 0.6) is 0 Å². The molecule has 3 nitrogen and oxygen atoms in total. The van der Waals surface area contributed by atoms with E-state index in [0.717, 1.165) is 23.7 Å². The van der Waals surface area contributed by atoms with Gasteiger partial charge in [0, 0.05) is 30.6 Å². The molecule has 72 valence electrons. The van der Waals surface area contributed by atoms with Gasteiger partial charge in [0.15, 0.2) is 0 Å². The predicted octanol–water partition coefficient (Wildman–Crippen LogP) is 1.32. The average Bonchev–Trinajstić information content (AvgIpc) is 2.19. The topological polar surface area (TPSA) is 50.9 Å². The van der Waals surface area contributed by atoms with Crippen LogP contribution in [0.1, 0.15) is 5.56 Å². The first kappa shape index (κ1) is 10.3. The highest BCUT2D eigenvalue weighted by atomic mass is 32.2. The van der Waals surface area contributed by atoms with E-state index < -0.39 is 0 Å². The van der Waals surface area contributed by atoms with Crippen LogP contribution in [0.3, 0.4) is 0 Å². The number of pyridine rings is 1. The summed E-state index contributed by atoms with van der Waals surface area (Å²) in [5, 5.41) is 3.25. The molecular weight excluding hydrogens is 182 g/mol. The summed E-state index contributed by atoms with van der Waals surface area (Å²) in [7, 11) is 0. The lowest BCUT2D eigenvalue weighted by Crippen LogP contribution is -2.09. The number of anilines is 1. The Hall–Kier alpha value is -0.740. The Morgan fingerprint density at radius 1 is 1.62 bits per heavy atom. The lowest BCUT2D eigenvalue weighted by molar-refractivity contribution is 1.03. The van der Waals surface area contributed by atoms with Crippen LogP contribution in [-0.4, -0.2) is 23.5 Å². The highest BCUT2D eigenvalue weighted by molar-refractivity contribution is 7.98. The average molecular weight is 197 g/mol. The Morgan fingerprint density at radius 3 is 3.15 bits per heavy atom. The number of hydrogen-bond donors (Lipinski definition) is 2. The first-order chi connectivity index (χ1) is 6.38. The van der Waals surface area contributed by atoms with E-state index >= 15 is 0 Å². The largest absolute Gasteiger partial charge is 0.369 e. The molecule has 0 spiro atoms. The van der Waals surface area contributed by atoms with Gasteiger partial charge in [0.2, 0.25) is 0 Å². The molecule has 0 amide bonds. The minimum Gasteiger partial charge on any atom is -0.369 e. The number of hydrogen-bond acceptors (Lipinski definition) is 4. The normalized spacial score (nSPS) is 10.0. The van der Waals surface area contributed by atoms with Crippen LogP contribution in [-0.2, 0) is 6.54 Å². The molecule has 0 aliphatic heterocycles. The van der Waals surface area contributed by atoms with Crippen LogP contribution in [0.15, 0.2) is 18.3 Å². The zero-order valence-electron chi connectivity index (χ0n) is 7.79. The molecule has 0 radical (unpaired) electrons. The molecule has 1 heterocycles. The van der Waals surface area contributed by atoms with Crippen molar-refractivity contribution in [2.24, 2.45) is 5.73 Å². The molecule has 4 heteroatoms. The molecule has 0 aliphatic carbocycles. The van der Waals surface area contributed by atoms with E-state index in [1.807, 2.05) is 23.9 Å². The fourth-order valence-electron chi connectivity index (χ4n) is 1.03. The number of aromatic nitrogens is 1. The van der Waals surface area contributed by atoms with Gasteiger partial charge in [0.1, 0.15) is 5.82 Å². The highest BCUT2D eigenvalue weighted by Crippen LogP contribution is 2.09. The minimum atomic E-state index is 0.537. The molecule has 0 atom stereocenters. The maximum absolute atomic E-state index is 5.57. The second kappa shape index (κ2) is 5.83. The van der Waals surface area contributed by atoms with E-state index in [9.17, 15) is 0 Å². The van der Waals surface area contributed by atoms with Gasteiger partial charge < -0.3 is 11.1 Å². The Kier molecular flexibility index (Phi) is 4.64. The molecule has 1 aromatic heterocycles. The second-order valence-corrected chi connectivity index (χ2v) is 3.62. The smallest absolute Gasteiger partial charge is 0.130 e. The second-order valence-electron chi connectivity index (χ2n) is 2.63. The van der Waals surface area contributed by atoms with Crippen molar-refractivity contribution in [2.45, 2.75) is 6.54 Å². The Morgan fingerprint density at radius 2 is 2.46 bits per heavy atom. The number of nitrogens with zero attached hydrogens (tertiary/aromatic N) is 1. The lowest BCUT2D eigenvalue weighted by Gasteiger charge is -2.07. The van der Waals surface area contributed by atoms with Crippen LogP contribution in [0.4, 0.5) is 5.82 Å². The summed E-state index contributed by atoms with van der Waals surface area (Å²) in [5.74, 6) is 2.00. The van der Waals surface area contributed by atoms with Gasteiger partial charge in [-0.25, -0.2) is 4.98 Å². The Bertz CT molecular complexity index is 252. The van der Waals surface area contributed by atoms with Gasteiger partial charge in [-0.1, -0.05) is 6.07 Å². The summed E-state index contributed by atoms with van der Waals surface area (Å²) in [5.41, 5.74) is 6.64. The molecule has 0 aromatic carbocycles. The fraction of sp³-hybridized carbons (Fsp3) is 0.444. The summed E-state index contributed by atoms with van der Waals surface area (Å²) >= 11 is 1.81. The molecule has 0 unspecified atom stereocenters. The van der Waals surface area contributed by atoms with Crippen molar-refractivity contribution in [1.82, 2.24) is 4.98 Å². The minimum absolute atomic E-state index is 0.537. The lowest BCUT2D eigenvalue weighted by atomic mass is 10.2. The van der Waals surface area contributed by atoms with Crippen molar-refractivity contribution in [2.75, 3.05) is 23.9 Å². The molecule has 0 aliphatic rings. The molecule has 13 heavy (non-hydrogen) atoms. The molecule has 0 bridgehead atoms. The first-order valence-corrected chi connectivity index (χ1v) is 5.64. The molecule has 1 aromatic rings. The van der Waals surface area contributed by atoms with E-state index in [1.165, 1.54) is 0 Å². The van der Waals surface area contributed by atoms with Crippen molar-refractivity contribution >= 4 is 17.6 Å². The van der Waals surface area contributed by atoms with Gasteiger partial charge >= 0.3 is 0 Å². The van der Waals surface area contributed by atoms with E-state index in [4.69, 9.17) is 5.73 Å². The summed E-state index contributed by atoms with van der Waals surface area (Å²) in [6.45, 7) is 1.47. The van der Waals surface area contributed by atoms with Crippen molar-refractivity contribution in [3.05, 3.63) is 23.9 Å². The first-order valence-electron chi connectivity index (χ1n) is 4.25. The van der Waals surface area contributed by atoms with Crippen molar-refractivity contribution in [3.8, 4) is 0 Å². The van der Waals surface area contributed by atoms with Crippen molar-refractivity contribution < 1.29 is 0 Å². The number of nitrogens with one attached hydrogen (secondary N) is 1. The summed E-state index contributed by atoms with van der Waals surface area (Å²) < 4.78 is 0. The third-order valence-electron chi connectivity index (χ3n) is 1.71. The SMILES string of the molecule is CSCCNc1ncccc1CN. The predicted molar refractivity (Wildman–Crippen MR) is 59.0 cm³/mol. The number of thioether (sulfide) groups is 1. The van der Waals surface area contributed by atoms with Gasteiger partial charge in [-0.05, 0) is 12.3 Å². The molecule has 1 rings (SSSR count). The van der Waals surface area contributed by atoms with Gasteiger partial charge in [0.25, 0.3) is 0 Å². The van der Waals surface area contributed by atoms with Gasteiger partial charge in [-0.2, -0.15) is 11.8 Å². The maximum Gasteiger partial charge on any atom is 0.130 e. The van der Waals surface area contributed by atoms with Crippen LogP contribution in [0.25, 0.3) is 0 Å². The van der Waals surface area contributed by atoms with Gasteiger partial charge in [0.05, 0.1) is 0 Å². The quantitative estimate of drug-likeness (QED) is 0.699. The third-order valence-corrected chi connectivity index (χ3v) is 2.32. The van der Waals surface area contributed by atoms with E-state index in [-0.39, 0.29) is 0 Å². The Balaban J connectivity index is 2.54. The Labute approximate surface area is 83.1 Å². The van der Waals surface area contributed by atoms with E-state index in [2.05, 4.69) is 16.6 Å². The van der Waals surface area contributed by atoms with Crippen LogP contribution in [0, 0.1) is 0 Å². The number of rotatable bonds is 5. The molecule has 0 fully saturated rings. The van der Waals surface area contributed by atoms with Crippen LogP contribution < -0.4 is 11.1 Å². The van der Waals surface area contributed by atoms with Crippen molar-refractivity contribution in [3.63, 3.8) is 0 Å². The number of nitrogens with two attached hydrogens (primary N) is 1. The standard InChI is InChI=1S/C9H15N3S/c1-13-6-5-12-9-8(7-10)3-2-4-11-9/h2-4H,5-7,10H2,1H3,(H,11,12). The highest BCUT2D eigenvalue weighted by Gasteiger charge is 1.98. The van der Waals surface area contributed by atoms with E-state index in [0.29, 0.717) is 6.54 Å². The summed E-state index contributed by atoms with van der Waals surface area (Å²) in [4.78, 5) is 4.22. The zero-order chi connectivity index (χ0) is 9.52. The fourth-order valence-corrected chi connectivity index (χ4v) is 1.34. The molecule has 3 N–H and O–H groups in total. The van der Waals surface area contributed by atoms with Crippen LogP contribution in [0.2, 0.25) is 0 Å². The maximum atomic E-state index is 5.57.